The van der Waals surface area contributed by atoms with E-state index in [9.17, 15) is 14.3 Å². The quantitative estimate of drug-likeness (QED) is 0.773. The third kappa shape index (κ3) is 4.56. The first kappa shape index (κ1) is 17.7. The molecule has 5 nitrogen and oxygen atoms in total. The van der Waals surface area contributed by atoms with Crippen molar-refractivity contribution in [1.29, 1.82) is 0 Å². The number of β-amino-alcohol motifs (C(OH)–C–C–N with tert-alkyl or cyclic N) is 1. The van der Waals surface area contributed by atoms with E-state index in [1.165, 1.54) is 25.3 Å². The predicted octanol–water partition coefficient (Wildman–Crippen LogP) is 0.956. The lowest BCUT2D eigenvalue weighted by Gasteiger charge is -2.28. The molecule has 0 unspecified atom stereocenters. The topological polar surface area (TPSA) is 70.6 Å². The maximum atomic E-state index is 13.3. The molecule has 1 fully saturated rings. The summed E-state index contributed by atoms with van der Waals surface area (Å²) in [5.41, 5.74) is 0.340. The van der Waals surface area contributed by atoms with Gasteiger partial charge in [0.05, 0.1) is 13.2 Å². The van der Waals surface area contributed by atoms with Gasteiger partial charge in [-0.2, -0.15) is 0 Å². The molecule has 0 bridgehead atoms. The van der Waals surface area contributed by atoms with Crippen molar-refractivity contribution in [3.05, 3.63) is 29.6 Å². The lowest BCUT2D eigenvalue weighted by atomic mass is 9.95. The van der Waals surface area contributed by atoms with Crippen molar-refractivity contribution < 1.29 is 19.0 Å². The second-order valence-electron chi connectivity index (χ2n) is 4.88. The molecule has 7 heteroatoms. The first-order chi connectivity index (χ1) is 9.61. The predicted molar refractivity (Wildman–Crippen MR) is 79.5 cm³/mol. The van der Waals surface area contributed by atoms with Crippen LogP contribution in [0.5, 0.6) is 5.75 Å². The standard InChI is InChI=1S/C14H19FN2O3.ClH/c1-20-13-6-9(2-3-11(13)15)14(19)17-7-10-4-5-16-8-12(10)18;/h2-3,6,10,12,16,18H,4-5,7-8H2,1H3,(H,17,19);1H/t10-,12+;/m0./s1. The van der Waals surface area contributed by atoms with Gasteiger partial charge in [-0.25, -0.2) is 4.39 Å². The normalized spacial score (nSPS) is 21.3. The van der Waals surface area contributed by atoms with Crippen LogP contribution in [0.2, 0.25) is 0 Å². The van der Waals surface area contributed by atoms with Crippen LogP contribution in [-0.4, -0.2) is 43.9 Å². The molecule has 0 aromatic heterocycles. The molecule has 0 radical (unpaired) electrons. The van der Waals surface area contributed by atoms with Crippen LogP contribution in [0.15, 0.2) is 18.2 Å². The fraction of sp³-hybridized carbons (Fsp3) is 0.500. The van der Waals surface area contributed by atoms with Gasteiger partial charge in [0.1, 0.15) is 0 Å². The number of aliphatic hydroxyl groups is 1. The lowest BCUT2D eigenvalue weighted by Crippen LogP contribution is -2.45. The summed E-state index contributed by atoms with van der Waals surface area (Å²) in [5.74, 6) is -0.714. The number of halogens is 2. The summed E-state index contributed by atoms with van der Waals surface area (Å²) in [4.78, 5) is 12.0. The maximum Gasteiger partial charge on any atom is 0.251 e. The molecule has 118 valence electrons. The molecule has 1 amide bonds. The number of hydrogen-bond acceptors (Lipinski definition) is 4. The zero-order valence-electron chi connectivity index (χ0n) is 11.8. The fourth-order valence-electron chi connectivity index (χ4n) is 2.26. The number of nitrogens with one attached hydrogen (secondary N) is 2. The molecule has 2 rings (SSSR count). The number of piperidine rings is 1. The smallest absolute Gasteiger partial charge is 0.251 e. The third-order valence-electron chi connectivity index (χ3n) is 3.53. The van der Waals surface area contributed by atoms with Gasteiger partial charge in [0.25, 0.3) is 5.91 Å². The molecule has 1 saturated heterocycles. The van der Waals surface area contributed by atoms with Gasteiger partial charge in [-0.1, -0.05) is 0 Å². The Morgan fingerprint density at radius 1 is 1.57 bits per heavy atom. The number of aliphatic hydroxyl groups excluding tert-OH is 1. The summed E-state index contributed by atoms with van der Waals surface area (Å²) in [5, 5.41) is 15.6. The highest BCUT2D eigenvalue weighted by Crippen LogP contribution is 2.18. The third-order valence-corrected chi connectivity index (χ3v) is 3.53. The van der Waals surface area contributed by atoms with Gasteiger partial charge in [0, 0.05) is 24.6 Å². The molecule has 0 aliphatic carbocycles. The first-order valence-corrected chi connectivity index (χ1v) is 6.62. The summed E-state index contributed by atoms with van der Waals surface area (Å²) >= 11 is 0. The number of amides is 1. The van der Waals surface area contributed by atoms with Crippen LogP contribution in [0.3, 0.4) is 0 Å². The molecule has 21 heavy (non-hydrogen) atoms. The van der Waals surface area contributed by atoms with Gasteiger partial charge < -0.3 is 20.5 Å². The molecule has 0 saturated carbocycles. The number of rotatable bonds is 4. The minimum Gasteiger partial charge on any atom is -0.494 e. The SMILES string of the molecule is COc1cc(C(=O)NC[C@@H]2CCNC[C@H]2O)ccc1F.Cl. The Bertz CT molecular complexity index is 487. The number of carbonyl (C=O) groups is 1. The minimum atomic E-state index is -0.502. The lowest BCUT2D eigenvalue weighted by molar-refractivity contribution is 0.0753. The molecule has 1 aromatic rings. The highest BCUT2D eigenvalue weighted by molar-refractivity contribution is 5.94. The van der Waals surface area contributed by atoms with E-state index in [0.29, 0.717) is 18.7 Å². The summed E-state index contributed by atoms with van der Waals surface area (Å²) in [6, 6.07) is 3.97. The Morgan fingerprint density at radius 2 is 2.33 bits per heavy atom. The van der Waals surface area contributed by atoms with Crippen LogP contribution in [0.4, 0.5) is 4.39 Å². The molecule has 1 aliphatic heterocycles. The molecular weight excluding hydrogens is 299 g/mol. The number of carbonyl (C=O) groups excluding carboxylic acids is 1. The van der Waals surface area contributed by atoms with Gasteiger partial charge in [-0.3, -0.25) is 4.79 Å². The second-order valence-corrected chi connectivity index (χ2v) is 4.88. The Balaban J connectivity index is 0.00000220. The highest BCUT2D eigenvalue weighted by atomic mass is 35.5. The molecule has 1 aliphatic rings. The molecule has 3 N–H and O–H groups in total. The molecule has 1 heterocycles. The van der Waals surface area contributed by atoms with Crippen molar-refractivity contribution in [1.82, 2.24) is 10.6 Å². The van der Waals surface area contributed by atoms with Gasteiger partial charge in [-0.05, 0) is 31.2 Å². The monoisotopic (exact) mass is 318 g/mol. The van der Waals surface area contributed by atoms with Crippen LogP contribution in [0.25, 0.3) is 0 Å². The maximum absolute atomic E-state index is 13.3. The van der Waals surface area contributed by atoms with Crippen LogP contribution < -0.4 is 15.4 Å². The van der Waals surface area contributed by atoms with E-state index in [-0.39, 0.29) is 30.0 Å². The highest BCUT2D eigenvalue weighted by Gasteiger charge is 2.23. The van der Waals surface area contributed by atoms with Gasteiger partial charge >= 0.3 is 0 Å². The number of benzene rings is 1. The van der Waals surface area contributed by atoms with Crippen molar-refractivity contribution in [2.75, 3.05) is 26.7 Å². The largest absolute Gasteiger partial charge is 0.494 e. The summed E-state index contributed by atoms with van der Waals surface area (Å²) in [7, 11) is 1.35. The Hall–Kier alpha value is -1.37. The van der Waals surface area contributed by atoms with Crippen molar-refractivity contribution in [2.24, 2.45) is 5.92 Å². The fourth-order valence-corrected chi connectivity index (χ4v) is 2.26. The van der Waals surface area contributed by atoms with E-state index in [2.05, 4.69) is 10.6 Å². The van der Waals surface area contributed by atoms with E-state index < -0.39 is 11.9 Å². The average molecular weight is 319 g/mol. The van der Waals surface area contributed by atoms with Crippen LogP contribution in [0, 0.1) is 11.7 Å². The average Bonchev–Trinajstić information content (AvgIpc) is 2.46. The van der Waals surface area contributed by atoms with Crippen molar-refractivity contribution in [3.63, 3.8) is 0 Å². The summed E-state index contributed by atoms with van der Waals surface area (Å²) < 4.78 is 18.1. The van der Waals surface area contributed by atoms with Gasteiger partial charge in [0.15, 0.2) is 11.6 Å². The minimum absolute atomic E-state index is 0. The number of hydrogen-bond donors (Lipinski definition) is 3. The molecular formula is C14H20ClFN2O3. The molecule has 1 aromatic carbocycles. The Labute approximate surface area is 129 Å². The van der Waals surface area contributed by atoms with E-state index in [0.717, 1.165) is 13.0 Å². The Kier molecular flexibility index (Phi) is 6.87. The van der Waals surface area contributed by atoms with E-state index in [1.807, 2.05) is 0 Å². The van der Waals surface area contributed by atoms with Crippen LogP contribution in [0.1, 0.15) is 16.8 Å². The van der Waals surface area contributed by atoms with Gasteiger partial charge in [-0.15, -0.1) is 12.4 Å². The first-order valence-electron chi connectivity index (χ1n) is 6.62. The molecule has 0 spiro atoms. The van der Waals surface area contributed by atoms with Crippen LogP contribution >= 0.6 is 12.4 Å². The summed E-state index contributed by atoms with van der Waals surface area (Å²) in [6.07, 6.45) is 0.362. The van der Waals surface area contributed by atoms with E-state index in [1.54, 1.807) is 0 Å². The Morgan fingerprint density at radius 3 is 3.00 bits per heavy atom. The van der Waals surface area contributed by atoms with E-state index >= 15 is 0 Å². The number of ether oxygens (including phenoxy) is 1. The zero-order chi connectivity index (χ0) is 14.5. The molecule has 2 atom stereocenters. The second kappa shape index (κ2) is 8.17. The van der Waals surface area contributed by atoms with Crippen molar-refractivity contribution in [2.45, 2.75) is 12.5 Å². The summed E-state index contributed by atoms with van der Waals surface area (Å²) in [6.45, 7) is 1.79. The van der Waals surface area contributed by atoms with E-state index in [4.69, 9.17) is 4.74 Å². The van der Waals surface area contributed by atoms with Gasteiger partial charge in [0.2, 0.25) is 0 Å². The van der Waals surface area contributed by atoms with Crippen molar-refractivity contribution >= 4 is 18.3 Å². The van der Waals surface area contributed by atoms with Crippen molar-refractivity contribution in [3.8, 4) is 5.75 Å². The van der Waals surface area contributed by atoms with Crippen LogP contribution in [-0.2, 0) is 0 Å². The zero-order valence-corrected chi connectivity index (χ0v) is 12.6. The number of methoxy groups -OCH3 is 1.